The van der Waals surface area contributed by atoms with Crippen LogP contribution in [0.15, 0.2) is 59.1 Å². The van der Waals surface area contributed by atoms with Gasteiger partial charge in [0.1, 0.15) is 11.4 Å². The lowest BCUT2D eigenvalue weighted by Crippen LogP contribution is -1.96. The van der Waals surface area contributed by atoms with Crippen molar-refractivity contribution in [2.45, 2.75) is 0 Å². The summed E-state index contributed by atoms with van der Waals surface area (Å²) in [6.45, 7) is 0. The lowest BCUT2D eigenvalue weighted by molar-refractivity contribution is 0.0697. The van der Waals surface area contributed by atoms with Gasteiger partial charge in [0.15, 0.2) is 5.76 Å². The SMILES string of the molecule is Nc1c(-c2cccc(C(=O)O)c2)noc1-c1ccccc1. The Morgan fingerprint density at radius 1 is 1.05 bits per heavy atom. The predicted octanol–water partition coefficient (Wildman–Crippen LogP) is 3.29. The van der Waals surface area contributed by atoms with Crippen LogP contribution in [0.2, 0.25) is 0 Å². The van der Waals surface area contributed by atoms with Crippen LogP contribution >= 0.6 is 0 Å². The summed E-state index contributed by atoms with van der Waals surface area (Å²) in [4.78, 5) is 11.0. The van der Waals surface area contributed by atoms with Crippen molar-refractivity contribution >= 4 is 11.7 Å². The largest absolute Gasteiger partial charge is 0.478 e. The van der Waals surface area contributed by atoms with E-state index in [1.807, 2.05) is 30.3 Å². The fourth-order valence-electron chi connectivity index (χ4n) is 2.10. The fourth-order valence-corrected chi connectivity index (χ4v) is 2.10. The van der Waals surface area contributed by atoms with Gasteiger partial charge in [-0.05, 0) is 12.1 Å². The molecule has 0 unspecified atom stereocenters. The highest BCUT2D eigenvalue weighted by atomic mass is 16.5. The van der Waals surface area contributed by atoms with E-state index in [0.717, 1.165) is 5.56 Å². The number of rotatable bonds is 3. The van der Waals surface area contributed by atoms with Crippen molar-refractivity contribution in [3.63, 3.8) is 0 Å². The molecule has 0 saturated heterocycles. The smallest absolute Gasteiger partial charge is 0.335 e. The Kier molecular flexibility index (Phi) is 3.16. The van der Waals surface area contributed by atoms with E-state index in [4.69, 9.17) is 15.4 Å². The van der Waals surface area contributed by atoms with Crippen LogP contribution in [-0.4, -0.2) is 16.2 Å². The summed E-state index contributed by atoms with van der Waals surface area (Å²) < 4.78 is 5.31. The molecule has 0 aliphatic carbocycles. The molecular formula is C16H12N2O3. The molecule has 0 saturated carbocycles. The monoisotopic (exact) mass is 280 g/mol. The van der Waals surface area contributed by atoms with Gasteiger partial charge in [-0.3, -0.25) is 0 Å². The molecule has 3 rings (SSSR count). The van der Waals surface area contributed by atoms with Gasteiger partial charge in [0, 0.05) is 11.1 Å². The van der Waals surface area contributed by atoms with E-state index in [-0.39, 0.29) is 5.56 Å². The van der Waals surface area contributed by atoms with Gasteiger partial charge in [0.25, 0.3) is 0 Å². The second-order valence-electron chi connectivity index (χ2n) is 4.53. The molecule has 0 fully saturated rings. The van der Waals surface area contributed by atoms with Crippen LogP contribution in [0.25, 0.3) is 22.6 Å². The van der Waals surface area contributed by atoms with Gasteiger partial charge >= 0.3 is 5.97 Å². The maximum absolute atomic E-state index is 11.0. The van der Waals surface area contributed by atoms with Crippen molar-refractivity contribution in [1.82, 2.24) is 5.16 Å². The van der Waals surface area contributed by atoms with E-state index >= 15 is 0 Å². The second-order valence-corrected chi connectivity index (χ2v) is 4.53. The first-order valence-electron chi connectivity index (χ1n) is 6.31. The van der Waals surface area contributed by atoms with Gasteiger partial charge < -0.3 is 15.4 Å². The number of carbonyl (C=O) groups is 1. The van der Waals surface area contributed by atoms with Crippen LogP contribution in [0.5, 0.6) is 0 Å². The molecule has 2 aromatic carbocycles. The molecule has 5 nitrogen and oxygen atoms in total. The van der Waals surface area contributed by atoms with Gasteiger partial charge in [0.05, 0.1) is 5.56 Å². The van der Waals surface area contributed by atoms with Crippen LogP contribution < -0.4 is 5.73 Å². The van der Waals surface area contributed by atoms with Crippen molar-refractivity contribution in [3.8, 4) is 22.6 Å². The zero-order valence-corrected chi connectivity index (χ0v) is 11.0. The molecule has 5 heteroatoms. The number of aromatic carboxylic acids is 1. The summed E-state index contributed by atoms with van der Waals surface area (Å²) in [5.74, 6) is -0.520. The van der Waals surface area contributed by atoms with Gasteiger partial charge in [-0.15, -0.1) is 0 Å². The molecular weight excluding hydrogens is 268 g/mol. The summed E-state index contributed by atoms with van der Waals surface area (Å²) >= 11 is 0. The summed E-state index contributed by atoms with van der Waals surface area (Å²) in [7, 11) is 0. The van der Waals surface area contributed by atoms with Crippen LogP contribution in [0.1, 0.15) is 10.4 Å². The Balaban J connectivity index is 2.07. The predicted molar refractivity (Wildman–Crippen MR) is 78.7 cm³/mol. The van der Waals surface area contributed by atoms with E-state index in [1.165, 1.54) is 12.1 Å². The Labute approximate surface area is 120 Å². The van der Waals surface area contributed by atoms with Gasteiger partial charge in [-0.1, -0.05) is 47.6 Å². The minimum atomic E-state index is -0.998. The maximum Gasteiger partial charge on any atom is 0.335 e. The third-order valence-electron chi connectivity index (χ3n) is 3.15. The molecule has 0 radical (unpaired) electrons. The molecule has 0 bridgehead atoms. The zero-order chi connectivity index (χ0) is 14.8. The maximum atomic E-state index is 11.0. The van der Waals surface area contributed by atoms with Crippen molar-refractivity contribution in [1.29, 1.82) is 0 Å². The van der Waals surface area contributed by atoms with Crippen LogP contribution in [-0.2, 0) is 0 Å². The highest BCUT2D eigenvalue weighted by molar-refractivity contribution is 5.91. The number of carboxylic acids is 1. The molecule has 3 N–H and O–H groups in total. The molecule has 0 atom stereocenters. The average Bonchev–Trinajstić information content (AvgIpc) is 2.90. The molecule has 21 heavy (non-hydrogen) atoms. The van der Waals surface area contributed by atoms with E-state index in [2.05, 4.69) is 5.16 Å². The van der Waals surface area contributed by atoms with Crippen molar-refractivity contribution in [2.75, 3.05) is 5.73 Å². The third kappa shape index (κ3) is 2.36. The number of benzene rings is 2. The lowest BCUT2D eigenvalue weighted by atomic mass is 10.1. The molecule has 1 aromatic heterocycles. The number of carboxylic acid groups (broad SMARTS) is 1. The number of hydrogen-bond donors (Lipinski definition) is 2. The number of aromatic nitrogens is 1. The summed E-state index contributed by atoms with van der Waals surface area (Å²) in [5, 5.41) is 13.0. The van der Waals surface area contributed by atoms with E-state index in [1.54, 1.807) is 12.1 Å². The van der Waals surface area contributed by atoms with E-state index in [9.17, 15) is 4.79 Å². The fraction of sp³-hybridized carbons (Fsp3) is 0. The standard InChI is InChI=1S/C16H12N2O3/c17-13-14(11-7-4-8-12(9-11)16(19)20)18-21-15(13)10-5-2-1-3-6-10/h1-9H,17H2,(H,19,20). The molecule has 104 valence electrons. The van der Waals surface area contributed by atoms with Crippen molar-refractivity contribution in [3.05, 3.63) is 60.2 Å². The topological polar surface area (TPSA) is 89.4 Å². The molecule has 0 amide bonds. The van der Waals surface area contributed by atoms with Gasteiger partial charge in [-0.2, -0.15) is 0 Å². The quantitative estimate of drug-likeness (QED) is 0.768. The van der Waals surface area contributed by atoms with Crippen LogP contribution in [0.4, 0.5) is 5.69 Å². The highest BCUT2D eigenvalue weighted by Gasteiger charge is 2.17. The van der Waals surface area contributed by atoms with Gasteiger partial charge in [-0.25, -0.2) is 4.79 Å². The Morgan fingerprint density at radius 2 is 1.76 bits per heavy atom. The first-order valence-corrected chi connectivity index (χ1v) is 6.31. The molecule has 0 spiro atoms. The number of nitrogen functional groups attached to an aromatic ring is 1. The zero-order valence-electron chi connectivity index (χ0n) is 11.0. The average molecular weight is 280 g/mol. The van der Waals surface area contributed by atoms with Crippen molar-refractivity contribution < 1.29 is 14.4 Å². The first-order chi connectivity index (χ1) is 10.2. The number of anilines is 1. The minimum Gasteiger partial charge on any atom is -0.478 e. The number of hydrogen-bond acceptors (Lipinski definition) is 4. The lowest BCUT2D eigenvalue weighted by Gasteiger charge is -2.00. The number of nitrogens with two attached hydrogens (primary N) is 1. The van der Waals surface area contributed by atoms with Crippen LogP contribution in [0.3, 0.4) is 0 Å². The van der Waals surface area contributed by atoms with Crippen LogP contribution in [0, 0.1) is 0 Å². The summed E-state index contributed by atoms with van der Waals surface area (Å²) in [6.07, 6.45) is 0. The number of nitrogens with zero attached hydrogens (tertiary/aromatic N) is 1. The molecule has 0 aliphatic rings. The normalized spacial score (nSPS) is 10.5. The molecule has 0 aliphatic heterocycles. The Hall–Kier alpha value is -3.08. The summed E-state index contributed by atoms with van der Waals surface area (Å²) in [5.41, 5.74) is 8.53. The first kappa shape index (κ1) is 12.9. The minimum absolute atomic E-state index is 0.177. The highest BCUT2D eigenvalue weighted by Crippen LogP contribution is 2.34. The molecule has 1 heterocycles. The summed E-state index contributed by atoms with van der Waals surface area (Å²) in [6, 6.07) is 15.8. The van der Waals surface area contributed by atoms with E-state index in [0.29, 0.717) is 22.7 Å². The molecule has 3 aromatic rings. The second kappa shape index (κ2) is 5.13. The van der Waals surface area contributed by atoms with Crippen molar-refractivity contribution in [2.24, 2.45) is 0 Å². The Bertz CT molecular complexity index is 794. The van der Waals surface area contributed by atoms with Gasteiger partial charge in [0.2, 0.25) is 0 Å². The third-order valence-corrected chi connectivity index (χ3v) is 3.15. The van der Waals surface area contributed by atoms with E-state index < -0.39 is 5.97 Å². The Morgan fingerprint density at radius 3 is 2.48 bits per heavy atom.